The summed E-state index contributed by atoms with van der Waals surface area (Å²) in [6, 6.07) is 0. The van der Waals surface area contributed by atoms with Crippen LogP contribution in [0.25, 0.3) is 0 Å². The number of nitrogens with two attached hydrogens (primary N) is 1. The van der Waals surface area contributed by atoms with E-state index in [4.69, 9.17) is 5.73 Å². The lowest BCUT2D eigenvalue weighted by molar-refractivity contribution is -0.119. The molecule has 1 atom stereocenters. The highest BCUT2D eigenvalue weighted by Crippen LogP contribution is 2.16. The van der Waals surface area contributed by atoms with Gasteiger partial charge in [-0.3, -0.25) is 9.52 Å². The minimum Gasteiger partial charge on any atom is -0.330 e. The highest BCUT2D eigenvalue weighted by Gasteiger charge is 2.14. The molecule has 102 valence electrons. The topological polar surface area (TPSA) is 89.3 Å². The van der Waals surface area contributed by atoms with Crippen LogP contribution in [0.2, 0.25) is 0 Å². The zero-order valence-electron chi connectivity index (χ0n) is 10.7. The number of carbonyl (C=O) groups is 1. The van der Waals surface area contributed by atoms with Crippen molar-refractivity contribution in [3.63, 3.8) is 0 Å². The van der Waals surface area contributed by atoms with Gasteiger partial charge in [0, 0.05) is 6.42 Å². The Kier molecular flexibility index (Phi) is 8.16. The quantitative estimate of drug-likeness (QED) is 0.650. The Labute approximate surface area is 104 Å². The van der Waals surface area contributed by atoms with Gasteiger partial charge in [0.2, 0.25) is 15.9 Å². The van der Waals surface area contributed by atoms with Crippen LogP contribution in [0.4, 0.5) is 0 Å². The van der Waals surface area contributed by atoms with Gasteiger partial charge in [-0.15, -0.1) is 0 Å². The van der Waals surface area contributed by atoms with Gasteiger partial charge in [-0.1, -0.05) is 19.8 Å². The minimum absolute atomic E-state index is 0.0695. The molecule has 0 aliphatic carbocycles. The van der Waals surface area contributed by atoms with Gasteiger partial charge in [-0.05, 0) is 32.2 Å². The van der Waals surface area contributed by atoms with Crippen molar-refractivity contribution in [3.8, 4) is 0 Å². The molecule has 3 N–H and O–H groups in total. The smallest absolute Gasteiger partial charge is 0.234 e. The second-order valence-corrected chi connectivity index (χ2v) is 6.21. The maximum absolute atomic E-state index is 11.4. The molecule has 17 heavy (non-hydrogen) atoms. The van der Waals surface area contributed by atoms with E-state index in [2.05, 4.69) is 6.92 Å². The van der Waals surface area contributed by atoms with E-state index in [1.807, 2.05) is 4.72 Å². The summed E-state index contributed by atoms with van der Waals surface area (Å²) in [6.07, 6.45) is 3.94. The molecule has 0 bridgehead atoms. The van der Waals surface area contributed by atoms with Gasteiger partial charge in [0.15, 0.2) is 0 Å². The standard InChI is InChI=1S/C11H24N2O3S/c1-3-5-10(8-9-12)6-7-11(14)13-17(15,16)4-2/h10H,3-9,12H2,1-2H3,(H,13,14). The largest absolute Gasteiger partial charge is 0.330 e. The first-order valence-electron chi connectivity index (χ1n) is 6.18. The van der Waals surface area contributed by atoms with Gasteiger partial charge in [0.25, 0.3) is 0 Å². The second kappa shape index (κ2) is 8.47. The Bertz CT molecular complexity index is 309. The van der Waals surface area contributed by atoms with Crippen molar-refractivity contribution in [2.75, 3.05) is 12.3 Å². The van der Waals surface area contributed by atoms with E-state index in [1.54, 1.807) is 0 Å². The van der Waals surface area contributed by atoms with Crippen molar-refractivity contribution in [3.05, 3.63) is 0 Å². The predicted molar refractivity (Wildman–Crippen MR) is 68.9 cm³/mol. The van der Waals surface area contributed by atoms with Gasteiger partial charge in [-0.25, -0.2) is 8.42 Å². The van der Waals surface area contributed by atoms with Crippen LogP contribution in [-0.2, 0) is 14.8 Å². The third-order valence-corrected chi connectivity index (χ3v) is 4.00. The van der Waals surface area contributed by atoms with Crippen LogP contribution in [0, 0.1) is 5.92 Å². The molecule has 6 heteroatoms. The summed E-state index contributed by atoms with van der Waals surface area (Å²) >= 11 is 0. The SMILES string of the molecule is CCCC(CCN)CCC(=O)NS(=O)(=O)CC. The molecule has 0 aromatic heterocycles. The molecule has 0 aromatic carbocycles. The van der Waals surface area contributed by atoms with Gasteiger partial charge in [0.05, 0.1) is 5.75 Å². The van der Waals surface area contributed by atoms with Gasteiger partial charge >= 0.3 is 0 Å². The third-order valence-electron chi connectivity index (χ3n) is 2.70. The second-order valence-electron chi connectivity index (χ2n) is 4.20. The first kappa shape index (κ1) is 16.4. The number of carbonyl (C=O) groups excluding carboxylic acids is 1. The average molecular weight is 264 g/mol. The van der Waals surface area contributed by atoms with Crippen LogP contribution in [0.3, 0.4) is 0 Å². The van der Waals surface area contributed by atoms with Crippen molar-refractivity contribution in [2.45, 2.75) is 46.0 Å². The first-order chi connectivity index (χ1) is 7.95. The molecular weight excluding hydrogens is 240 g/mol. The van der Waals surface area contributed by atoms with E-state index in [9.17, 15) is 13.2 Å². The van der Waals surface area contributed by atoms with E-state index in [0.29, 0.717) is 18.9 Å². The highest BCUT2D eigenvalue weighted by molar-refractivity contribution is 7.90. The predicted octanol–water partition coefficient (Wildman–Crippen LogP) is 0.998. The summed E-state index contributed by atoms with van der Waals surface area (Å²) < 4.78 is 24.4. The van der Waals surface area contributed by atoms with Crippen LogP contribution in [-0.4, -0.2) is 26.6 Å². The maximum atomic E-state index is 11.4. The van der Waals surface area contributed by atoms with Gasteiger partial charge in [0.1, 0.15) is 0 Å². The lowest BCUT2D eigenvalue weighted by Gasteiger charge is -2.14. The average Bonchev–Trinajstić information content (AvgIpc) is 2.26. The zero-order chi connectivity index (χ0) is 13.3. The lowest BCUT2D eigenvalue weighted by Crippen LogP contribution is -2.31. The first-order valence-corrected chi connectivity index (χ1v) is 7.83. The van der Waals surface area contributed by atoms with E-state index >= 15 is 0 Å². The van der Waals surface area contributed by atoms with E-state index in [0.717, 1.165) is 19.3 Å². The van der Waals surface area contributed by atoms with Crippen LogP contribution in [0.15, 0.2) is 0 Å². The number of rotatable bonds is 9. The van der Waals surface area contributed by atoms with Gasteiger partial charge in [-0.2, -0.15) is 0 Å². The Morgan fingerprint density at radius 3 is 2.35 bits per heavy atom. The molecule has 5 nitrogen and oxygen atoms in total. The fraction of sp³-hybridized carbons (Fsp3) is 0.909. The van der Waals surface area contributed by atoms with Crippen LogP contribution in [0.5, 0.6) is 0 Å². The van der Waals surface area contributed by atoms with Gasteiger partial charge < -0.3 is 5.73 Å². The van der Waals surface area contributed by atoms with Crippen molar-refractivity contribution in [1.29, 1.82) is 0 Å². The molecular formula is C11H24N2O3S. The molecule has 0 rings (SSSR count). The number of hydrogen-bond acceptors (Lipinski definition) is 4. The normalized spacial score (nSPS) is 13.4. The summed E-state index contributed by atoms with van der Waals surface area (Å²) in [7, 11) is -3.42. The molecule has 0 aliphatic heterocycles. The molecule has 0 saturated carbocycles. The lowest BCUT2D eigenvalue weighted by atomic mass is 9.94. The van der Waals surface area contributed by atoms with E-state index in [1.165, 1.54) is 6.92 Å². The summed E-state index contributed by atoms with van der Waals surface area (Å²) in [4.78, 5) is 11.4. The molecule has 0 aliphatic rings. The molecule has 0 aromatic rings. The summed E-state index contributed by atoms with van der Waals surface area (Å²) in [5.74, 6) is -0.0648. The molecule has 1 amide bonds. The van der Waals surface area contributed by atoms with Crippen LogP contribution >= 0.6 is 0 Å². The minimum atomic E-state index is -3.42. The number of sulfonamides is 1. The van der Waals surface area contributed by atoms with Crippen molar-refractivity contribution in [2.24, 2.45) is 11.7 Å². The molecule has 0 fully saturated rings. The van der Waals surface area contributed by atoms with Crippen molar-refractivity contribution < 1.29 is 13.2 Å². The zero-order valence-corrected chi connectivity index (χ0v) is 11.6. The number of hydrogen-bond donors (Lipinski definition) is 2. The Balaban J connectivity index is 4.04. The summed E-state index contributed by atoms with van der Waals surface area (Å²) in [5, 5.41) is 0. The molecule has 0 heterocycles. The van der Waals surface area contributed by atoms with Crippen LogP contribution < -0.4 is 10.5 Å². The maximum Gasteiger partial charge on any atom is 0.234 e. The summed E-state index contributed by atoms with van der Waals surface area (Å²) in [5.41, 5.74) is 5.49. The highest BCUT2D eigenvalue weighted by atomic mass is 32.2. The summed E-state index contributed by atoms with van der Waals surface area (Å²) in [6.45, 7) is 4.20. The molecule has 1 unspecified atom stereocenters. The molecule has 0 radical (unpaired) electrons. The monoisotopic (exact) mass is 264 g/mol. The van der Waals surface area contributed by atoms with Crippen LogP contribution in [0.1, 0.15) is 46.0 Å². The Morgan fingerprint density at radius 2 is 1.88 bits per heavy atom. The fourth-order valence-electron chi connectivity index (χ4n) is 1.71. The Hall–Kier alpha value is -0.620. The molecule has 0 spiro atoms. The van der Waals surface area contributed by atoms with Crippen molar-refractivity contribution in [1.82, 2.24) is 4.72 Å². The fourth-order valence-corrected chi connectivity index (χ4v) is 2.30. The Morgan fingerprint density at radius 1 is 1.24 bits per heavy atom. The van der Waals surface area contributed by atoms with Crippen molar-refractivity contribution >= 4 is 15.9 Å². The molecule has 0 saturated heterocycles. The number of nitrogens with one attached hydrogen (secondary N) is 1. The van der Waals surface area contributed by atoms with E-state index in [-0.39, 0.29) is 12.2 Å². The van der Waals surface area contributed by atoms with E-state index < -0.39 is 15.9 Å². The third kappa shape index (κ3) is 8.15. The number of amides is 1.